The van der Waals surface area contributed by atoms with E-state index in [0.29, 0.717) is 13.1 Å². The number of piperazine rings is 1. The first-order chi connectivity index (χ1) is 9.42. The first kappa shape index (κ1) is 15.3. The van der Waals surface area contributed by atoms with Crippen LogP contribution in [0.5, 0.6) is 0 Å². The lowest BCUT2D eigenvalue weighted by atomic mass is 10.2. The van der Waals surface area contributed by atoms with E-state index >= 15 is 0 Å². The molecule has 7 heteroatoms. The number of amides is 2. The molecule has 0 aromatic heterocycles. The molecule has 0 aromatic rings. The lowest BCUT2D eigenvalue weighted by Crippen LogP contribution is -2.56. The zero-order valence-electron chi connectivity index (χ0n) is 11.8. The highest BCUT2D eigenvalue weighted by molar-refractivity contribution is 7.92. The predicted molar refractivity (Wildman–Crippen MR) is 74.8 cm³/mol. The Labute approximate surface area is 119 Å². The number of carbonyl (C=O) groups excluding carboxylic acids is 2. The highest BCUT2D eigenvalue weighted by atomic mass is 32.2. The first-order valence-electron chi connectivity index (χ1n) is 7.20. The summed E-state index contributed by atoms with van der Waals surface area (Å²) < 4.78 is 24.2. The molecule has 1 heterocycles. The van der Waals surface area contributed by atoms with Gasteiger partial charge in [-0.1, -0.05) is 12.8 Å². The fraction of sp³-hybridized carbons (Fsp3) is 0.846. The van der Waals surface area contributed by atoms with Gasteiger partial charge in [-0.2, -0.15) is 0 Å². The summed E-state index contributed by atoms with van der Waals surface area (Å²) in [5.41, 5.74) is 0. The molecule has 6 nitrogen and oxygen atoms in total. The van der Waals surface area contributed by atoms with Crippen LogP contribution in [0.3, 0.4) is 0 Å². The zero-order valence-corrected chi connectivity index (χ0v) is 12.6. The number of rotatable bonds is 4. The van der Waals surface area contributed by atoms with Gasteiger partial charge >= 0.3 is 0 Å². The molecule has 114 valence electrons. The van der Waals surface area contributed by atoms with E-state index < -0.39 is 15.9 Å². The van der Waals surface area contributed by atoms with Crippen LogP contribution in [0, 0.1) is 0 Å². The Kier molecular flexibility index (Phi) is 4.67. The minimum Gasteiger partial charge on any atom is -0.353 e. The third kappa shape index (κ3) is 3.31. The normalized spacial score (nSPS) is 24.8. The summed E-state index contributed by atoms with van der Waals surface area (Å²) in [5.74, 6) is -0.515. The molecule has 1 aliphatic heterocycles. The van der Waals surface area contributed by atoms with Crippen molar-refractivity contribution >= 4 is 21.7 Å². The van der Waals surface area contributed by atoms with Crippen molar-refractivity contribution in [1.82, 2.24) is 10.2 Å². The van der Waals surface area contributed by atoms with Crippen LogP contribution in [0.15, 0.2) is 0 Å². The summed E-state index contributed by atoms with van der Waals surface area (Å²) in [7, 11) is -3.17. The second kappa shape index (κ2) is 6.11. The molecule has 1 saturated heterocycles. The summed E-state index contributed by atoms with van der Waals surface area (Å²) in [6, 6.07) is -0.509. The van der Waals surface area contributed by atoms with Gasteiger partial charge in [0.15, 0.2) is 9.84 Å². The quantitative estimate of drug-likeness (QED) is 0.797. The van der Waals surface area contributed by atoms with Crippen molar-refractivity contribution in [2.75, 3.05) is 18.8 Å². The monoisotopic (exact) mass is 302 g/mol. The lowest BCUT2D eigenvalue weighted by molar-refractivity contribution is -0.142. The van der Waals surface area contributed by atoms with Crippen LogP contribution in [-0.4, -0.2) is 55.3 Å². The molecule has 2 rings (SSSR count). The van der Waals surface area contributed by atoms with Gasteiger partial charge in [0.2, 0.25) is 11.8 Å². The van der Waals surface area contributed by atoms with Gasteiger partial charge < -0.3 is 10.2 Å². The first-order valence-corrected chi connectivity index (χ1v) is 8.92. The summed E-state index contributed by atoms with van der Waals surface area (Å²) in [4.78, 5) is 25.1. The highest BCUT2D eigenvalue weighted by Gasteiger charge is 2.32. The van der Waals surface area contributed by atoms with Crippen LogP contribution in [0.4, 0.5) is 0 Å². The molecular weight excluding hydrogens is 280 g/mol. The molecule has 2 fully saturated rings. The van der Waals surface area contributed by atoms with Gasteiger partial charge in [0, 0.05) is 19.5 Å². The van der Waals surface area contributed by atoms with E-state index in [1.165, 1.54) is 4.90 Å². The Bertz CT molecular complexity index is 483. The number of carbonyl (C=O) groups is 2. The predicted octanol–water partition coefficient (Wildman–Crippen LogP) is 0.0808. The van der Waals surface area contributed by atoms with Crippen molar-refractivity contribution in [3.05, 3.63) is 0 Å². The number of nitrogens with zero attached hydrogens (tertiary/aromatic N) is 1. The molecule has 1 saturated carbocycles. The van der Waals surface area contributed by atoms with Crippen LogP contribution < -0.4 is 5.32 Å². The van der Waals surface area contributed by atoms with Crippen molar-refractivity contribution in [1.29, 1.82) is 0 Å². The SMILES string of the molecule is CC1C(=O)NCCN1C(=O)CCS(=O)(=O)C1CCCC1. The van der Waals surface area contributed by atoms with Gasteiger partial charge in [-0.05, 0) is 19.8 Å². The van der Waals surface area contributed by atoms with Crippen molar-refractivity contribution in [2.45, 2.75) is 50.3 Å². The maximum absolute atomic E-state index is 12.1. The third-order valence-corrected chi connectivity index (χ3v) is 6.49. The molecule has 1 N–H and O–H groups in total. The van der Waals surface area contributed by atoms with E-state index in [-0.39, 0.29) is 29.2 Å². The molecule has 0 bridgehead atoms. The Morgan fingerprint density at radius 1 is 1.35 bits per heavy atom. The molecule has 0 radical (unpaired) electrons. The summed E-state index contributed by atoms with van der Waals surface area (Å²) >= 11 is 0. The fourth-order valence-electron chi connectivity index (χ4n) is 2.91. The molecule has 20 heavy (non-hydrogen) atoms. The van der Waals surface area contributed by atoms with Crippen LogP contribution in [0.25, 0.3) is 0 Å². The minimum absolute atomic E-state index is 0.0174. The Balaban J connectivity index is 1.90. The van der Waals surface area contributed by atoms with Crippen LogP contribution in [0.2, 0.25) is 0 Å². The van der Waals surface area contributed by atoms with Gasteiger partial charge in [0.05, 0.1) is 11.0 Å². The highest BCUT2D eigenvalue weighted by Crippen LogP contribution is 2.25. The Hall–Kier alpha value is -1.11. The molecule has 0 spiro atoms. The van der Waals surface area contributed by atoms with E-state index in [2.05, 4.69) is 5.32 Å². The maximum atomic E-state index is 12.1. The Morgan fingerprint density at radius 2 is 2.00 bits per heavy atom. The van der Waals surface area contributed by atoms with Crippen molar-refractivity contribution in [2.24, 2.45) is 0 Å². The Morgan fingerprint density at radius 3 is 2.65 bits per heavy atom. The van der Waals surface area contributed by atoms with E-state index in [1.54, 1.807) is 6.92 Å². The van der Waals surface area contributed by atoms with Crippen molar-refractivity contribution in [3.63, 3.8) is 0 Å². The largest absolute Gasteiger partial charge is 0.353 e. The standard InChI is InChI=1S/C13H22N2O4S/c1-10-13(17)14-7-8-15(10)12(16)6-9-20(18,19)11-4-2-3-5-11/h10-11H,2-9H2,1H3,(H,14,17). The molecule has 0 aromatic carbocycles. The fourth-order valence-corrected chi connectivity index (χ4v) is 4.75. The van der Waals surface area contributed by atoms with Crippen molar-refractivity contribution < 1.29 is 18.0 Å². The molecule has 2 amide bonds. The number of hydrogen-bond donors (Lipinski definition) is 1. The smallest absolute Gasteiger partial charge is 0.242 e. The topological polar surface area (TPSA) is 83.6 Å². The van der Waals surface area contributed by atoms with Gasteiger partial charge in [-0.25, -0.2) is 8.42 Å². The number of nitrogens with one attached hydrogen (secondary N) is 1. The molecule has 1 aliphatic carbocycles. The number of sulfone groups is 1. The van der Waals surface area contributed by atoms with Crippen LogP contribution >= 0.6 is 0 Å². The average molecular weight is 302 g/mol. The molecule has 2 aliphatic rings. The third-order valence-electron chi connectivity index (χ3n) is 4.23. The van der Waals surface area contributed by atoms with Gasteiger partial charge in [0.1, 0.15) is 6.04 Å². The molecular formula is C13H22N2O4S. The molecule has 1 atom stereocenters. The van der Waals surface area contributed by atoms with E-state index in [9.17, 15) is 18.0 Å². The van der Waals surface area contributed by atoms with Crippen molar-refractivity contribution in [3.8, 4) is 0 Å². The zero-order chi connectivity index (χ0) is 14.8. The second-order valence-corrected chi connectivity index (χ2v) is 7.98. The van der Waals surface area contributed by atoms with Gasteiger partial charge in [-0.3, -0.25) is 9.59 Å². The summed E-state index contributed by atoms with van der Waals surface area (Å²) in [5, 5.41) is 2.42. The second-order valence-electron chi connectivity index (χ2n) is 5.58. The van der Waals surface area contributed by atoms with E-state index in [1.807, 2.05) is 0 Å². The lowest BCUT2D eigenvalue weighted by Gasteiger charge is -2.32. The van der Waals surface area contributed by atoms with Gasteiger partial charge in [-0.15, -0.1) is 0 Å². The van der Waals surface area contributed by atoms with E-state index in [4.69, 9.17) is 0 Å². The average Bonchev–Trinajstić information content (AvgIpc) is 2.94. The molecule has 1 unspecified atom stereocenters. The minimum atomic E-state index is -3.17. The van der Waals surface area contributed by atoms with Gasteiger partial charge in [0.25, 0.3) is 0 Å². The summed E-state index contributed by atoms with van der Waals surface area (Å²) in [6.07, 6.45) is 3.34. The van der Waals surface area contributed by atoms with Crippen LogP contribution in [-0.2, 0) is 19.4 Å². The summed E-state index contributed by atoms with van der Waals surface area (Å²) in [6.45, 7) is 2.55. The van der Waals surface area contributed by atoms with Crippen LogP contribution in [0.1, 0.15) is 39.0 Å². The van der Waals surface area contributed by atoms with E-state index in [0.717, 1.165) is 25.7 Å². The maximum Gasteiger partial charge on any atom is 0.242 e. The number of hydrogen-bond acceptors (Lipinski definition) is 4.